The van der Waals surface area contributed by atoms with E-state index in [9.17, 15) is 4.79 Å². The average Bonchev–Trinajstić information content (AvgIpc) is 3.18. The monoisotopic (exact) mass is 367 g/mol. The second kappa shape index (κ2) is 6.35. The van der Waals surface area contributed by atoms with Gasteiger partial charge in [-0.25, -0.2) is 4.98 Å². The van der Waals surface area contributed by atoms with Crippen LogP contribution in [0.2, 0.25) is 5.02 Å². The van der Waals surface area contributed by atoms with Crippen LogP contribution < -0.4 is 5.32 Å². The molecule has 0 radical (unpaired) electrons. The van der Waals surface area contributed by atoms with E-state index in [4.69, 9.17) is 11.6 Å². The first-order valence-electron chi connectivity index (χ1n) is 7.71. The van der Waals surface area contributed by atoms with Gasteiger partial charge in [0, 0.05) is 28.5 Å². The van der Waals surface area contributed by atoms with Gasteiger partial charge >= 0.3 is 0 Å². The number of thiazole rings is 1. The van der Waals surface area contributed by atoms with Crippen LogP contribution in [0.15, 0.2) is 60.1 Å². The van der Waals surface area contributed by atoms with Crippen molar-refractivity contribution in [3.8, 4) is 11.3 Å². The maximum atomic E-state index is 12.3. The van der Waals surface area contributed by atoms with Crippen LogP contribution in [0.3, 0.4) is 0 Å². The molecule has 2 aromatic carbocycles. The Bertz CT molecular complexity index is 1070. The molecule has 1 amide bonds. The number of hydrogen-bond acceptors (Lipinski definition) is 3. The zero-order valence-corrected chi connectivity index (χ0v) is 14.9. The van der Waals surface area contributed by atoms with Crippen LogP contribution in [-0.2, 0) is 0 Å². The molecule has 0 saturated heterocycles. The van der Waals surface area contributed by atoms with Crippen LogP contribution in [0.1, 0.15) is 16.1 Å². The van der Waals surface area contributed by atoms with E-state index >= 15 is 0 Å². The van der Waals surface area contributed by atoms with Crippen molar-refractivity contribution in [1.29, 1.82) is 0 Å². The van der Waals surface area contributed by atoms with Gasteiger partial charge in [0.1, 0.15) is 0 Å². The Kier molecular flexibility index (Phi) is 4.03. The highest BCUT2D eigenvalue weighted by Gasteiger charge is 2.11. The molecule has 4 rings (SSSR count). The number of imidazole rings is 1. The molecule has 4 nitrogen and oxygen atoms in total. The highest BCUT2D eigenvalue weighted by atomic mass is 35.5. The largest absolute Gasteiger partial charge is 0.322 e. The first-order chi connectivity index (χ1) is 12.1. The summed E-state index contributed by atoms with van der Waals surface area (Å²) in [6.45, 7) is 2.06. The Morgan fingerprint density at radius 1 is 1.16 bits per heavy atom. The molecule has 0 aliphatic rings. The van der Waals surface area contributed by atoms with Gasteiger partial charge in [-0.2, -0.15) is 0 Å². The van der Waals surface area contributed by atoms with Crippen molar-refractivity contribution in [2.75, 3.05) is 5.32 Å². The molecule has 0 atom stereocenters. The molecule has 2 heterocycles. The number of benzene rings is 2. The summed E-state index contributed by atoms with van der Waals surface area (Å²) in [5.41, 5.74) is 4.26. The summed E-state index contributed by atoms with van der Waals surface area (Å²) in [4.78, 5) is 17.9. The van der Waals surface area contributed by atoms with Gasteiger partial charge in [-0.05, 0) is 31.2 Å². The first-order valence-corrected chi connectivity index (χ1v) is 8.97. The number of nitrogens with one attached hydrogen (secondary N) is 1. The minimum Gasteiger partial charge on any atom is -0.322 e. The highest BCUT2D eigenvalue weighted by Crippen LogP contribution is 2.25. The third-order valence-electron chi connectivity index (χ3n) is 3.95. The van der Waals surface area contributed by atoms with Crippen LogP contribution in [0.4, 0.5) is 5.69 Å². The second-order valence-corrected chi connectivity index (χ2v) is 6.91. The van der Waals surface area contributed by atoms with Crippen molar-refractivity contribution >= 4 is 39.5 Å². The molecule has 0 bridgehead atoms. The van der Waals surface area contributed by atoms with E-state index in [-0.39, 0.29) is 5.91 Å². The van der Waals surface area contributed by atoms with Crippen LogP contribution in [0, 0.1) is 6.92 Å². The summed E-state index contributed by atoms with van der Waals surface area (Å²) in [5.74, 6) is -0.225. The predicted molar refractivity (Wildman–Crippen MR) is 103 cm³/mol. The molecule has 124 valence electrons. The van der Waals surface area contributed by atoms with E-state index in [1.165, 1.54) is 5.69 Å². The lowest BCUT2D eigenvalue weighted by molar-refractivity contribution is 0.102. The zero-order chi connectivity index (χ0) is 17.4. The molecule has 0 spiro atoms. The molecule has 2 aromatic heterocycles. The Balaban J connectivity index is 1.55. The van der Waals surface area contributed by atoms with Gasteiger partial charge < -0.3 is 5.32 Å². The van der Waals surface area contributed by atoms with Gasteiger partial charge in [0.05, 0.1) is 16.3 Å². The Morgan fingerprint density at radius 3 is 2.64 bits per heavy atom. The maximum absolute atomic E-state index is 12.3. The van der Waals surface area contributed by atoms with E-state index < -0.39 is 0 Å². The standard InChI is InChI=1S/C19H14ClN3OS/c1-12-11-25-19-22-17(10-23(12)19)13-6-8-14(9-7-13)21-18(24)15-4-2-3-5-16(15)20/h2-11H,1H3,(H,21,24). The normalized spacial score (nSPS) is 11.0. The molecule has 0 saturated carbocycles. The molecule has 0 fully saturated rings. The van der Waals surface area contributed by atoms with Crippen molar-refractivity contribution in [3.63, 3.8) is 0 Å². The van der Waals surface area contributed by atoms with Crippen LogP contribution in [0.25, 0.3) is 16.2 Å². The summed E-state index contributed by atoms with van der Waals surface area (Å²) < 4.78 is 2.08. The van der Waals surface area contributed by atoms with E-state index in [1.807, 2.05) is 30.5 Å². The molecular weight excluding hydrogens is 354 g/mol. The van der Waals surface area contributed by atoms with Crippen LogP contribution >= 0.6 is 22.9 Å². The third kappa shape index (κ3) is 3.04. The number of rotatable bonds is 3. The SMILES string of the molecule is Cc1csc2nc(-c3ccc(NC(=O)c4ccccc4Cl)cc3)cn12. The fourth-order valence-corrected chi connectivity index (χ4v) is 3.67. The minimum absolute atomic E-state index is 0.225. The average molecular weight is 368 g/mol. The molecular formula is C19H14ClN3OS. The lowest BCUT2D eigenvalue weighted by Gasteiger charge is -2.07. The molecule has 6 heteroatoms. The topological polar surface area (TPSA) is 46.4 Å². The fourth-order valence-electron chi connectivity index (χ4n) is 2.60. The van der Waals surface area contributed by atoms with Crippen molar-refractivity contribution in [3.05, 3.63) is 76.4 Å². The van der Waals surface area contributed by atoms with Gasteiger partial charge in [-0.15, -0.1) is 11.3 Å². The molecule has 0 aliphatic carbocycles. The number of halogens is 1. The third-order valence-corrected chi connectivity index (χ3v) is 5.23. The number of nitrogens with zero attached hydrogens (tertiary/aromatic N) is 2. The Morgan fingerprint density at radius 2 is 1.92 bits per heavy atom. The van der Waals surface area contributed by atoms with Gasteiger partial charge in [-0.1, -0.05) is 35.9 Å². The maximum Gasteiger partial charge on any atom is 0.257 e. The number of anilines is 1. The van der Waals surface area contributed by atoms with Crippen LogP contribution in [0.5, 0.6) is 0 Å². The Hall–Kier alpha value is -2.63. The lowest BCUT2D eigenvalue weighted by atomic mass is 10.1. The van der Waals surface area contributed by atoms with Gasteiger partial charge in [-0.3, -0.25) is 9.20 Å². The van der Waals surface area contributed by atoms with Crippen molar-refractivity contribution in [2.45, 2.75) is 6.92 Å². The molecule has 1 N–H and O–H groups in total. The second-order valence-electron chi connectivity index (χ2n) is 5.67. The predicted octanol–water partition coefficient (Wildman–Crippen LogP) is 5.28. The van der Waals surface area contributed by atoms with Crippen molar-refractivity contribution < 1.29 is 4.79 Å². The summed E-state index contributed by atoms with van der Waals surface area (Å²) in [7, 11) is 0. The smallest absolute Gasteiger partial charge is 0.257 e. The number of aromatic nitrogens is 2. The Labute approximate surface area is 153 Å². The molecule has 4 aromatic rings. The number of aryl methyl sites for hydroxylation is 1. The molecule has 0 unspecified atom stereocenters. The van der Waals surface area contributed by atoms with Crippen molar-refractivity contribution in [2.24, 2.45) is 0 Å². The first kappa shape index (κ1) is 15.9. The fraction of sp³-hybridized carbons (Fsp3) is 0.0526. The van der Waals surface area contributed by atoms with E-state index in [1.54, 1.807) is 35.6 Å². The van der Waals surface area contributed by atoms with Crippen LogP contribution in [-0.4, -0.2) is 15.3 Å². The summed E-state index contributed by atoms with van der Waals surface area (Å²) >= 11 is 7.68. The summed E-state index contributed by atoms with van der Waals surface area (Å²) in [6, 6.07) is 14.6. The molecule has 0 aliphatic heterocycles. The number of hydrogen-bond donors (Lipinski definition) is 1. The van der Waals surface area contributed by atoms with Crippen molar-refractivity contribution in [1.82, 2.24) is 9.38 Å². The van der Waals surface area contributed by atoms with E-state index in [2.05, 4.69) is 27.0 Å². The summed E-state index contributed by atoms with van der Waals surface area (Å²) in [5, 5.41) is 5.38. The van der Waals surface area contributed by atoms with Gasteiger partial charge in [0.2, 0.25) is 0 Å². The number of carbonyl (C=O) groups excluding carboxylic acids is 1. The number of fused-ring (bicyclic) bond motifs is 1. The molecule has 25 heavy (non-hydrogen) atoms. The van der Waals surface area contributed by atoms with Gasteiger partial charge in [0.15, 0.2) is 4.96 Å². The summed E-state index contributed by atoms with van der Waals surface area (Å²) in [6.07, 6.45) is 2.03. The number of carbonyl (C=O) groups is 1. The lowest BCUT2D eigenvalue weighted by Crippen LogP contribution is -2.12. The zero-order valence-electron chi connectivity index (χ0n) is 13.4. The minimum atomic E-state index is -0.225. The van der Waals surface area contributed by atoms with Gasteiger partial charge in [0.25, 0.3) is 5.91 Å². The van der Waals surface area contributed by atoms with E-state index in [0.29, 0.717) is 16.3 Å². The van der Waals surface area contributed by atoms with E-state index in [0.717, 1.165) is 16.2 Å². The quantitative estimate of drug-likeness (QED) is 0.535. The highest BCUT2D eigenvalue weighted by molar-refractivity contribution is 7.15. The number of amides is 1.